The number of aryl methyl sites for hydroxylation is 2. The smallest absolute Gasteiger partial charge is 0.407 e. The van der Waals surface area contributed by atoms with Gasteiger partial charge in [0.05, 0.1) is 49.1 Å². The van der Waals surface area contributed by atoms with Crippen LogP contribution < -0.4 is 5.32 Å². The quantitative estimate of drug-likeness (QED) is 0.137. The van der Waals surface area contributed by atoms with Crippen molar-refractivity contribution >= 4 is 18.3 Å². The number of fused-ring (bicyclic) bond motifs is 5. The summed E-state index contributed by atoms with van der Waals surface area (Å²) in [6.07, 6.45) is 16.5. The molecule has 0 spiro atoms. The highest BCUT2D eigenvalue weighted by Crippen LogP contribution is 2.48. The Balaban J connectivity index is 0.000000887. The minimum atomic E-state index is -0.862. The first-order valence-corrected chi connectivity index (χ1v) is 21.4. The normalized spacial score (nSPS) is 25.5. The summed E-state index contributed by atoms with van der Waals surface area (Å²) in [5, 5.41) is 2.73. The van der Waals surface area contributed by atoms with E-state index in [4.69, 9.17) is 19.4 Å². The second kappa shape index (κ2) is 17.2. The van der Waals surface area contributed by atoms with Crippen molar-refractivity contribution in [1.82, 2.24) is 35.1 Å². The highest BCUT2D eigenvalue weighted by molar-refractivity contribution is 5.87. The number of aromatic amines is 2. The first-order valence-electron chi connectivity index (χ1n) is 21.4. The number of carbonyl (C=O) groups excluding carboxylic acids is 3. The number of hydrogen-bond acceptors (Lipinski definition) is 8. The lowest BCUT2D eigenvalue weighted by Gasteiger charge is -2.34. The van der Waals surface area contributed by atoms with Gasteiger partial charge >= 0.3 is 6.09 Å². The van der Waals surface area contributed by atoms with Crippen LogP contribution in [0.3, 0.4) is 0 Å². The van der Waals surface area contributed by atoms with Gasteiger partial charge in [-0.15, -0.1) is 0 Å². The van der Waals surface area contributed by atoms with E-state index in [1.54, 1.807) is 14.0 Å². The van der Waals surface area contributed by atoms with Crippen LogP contribution in [0, 0.1) is 11.8 Å². The summed E-state index contributed by atoms with van der Waals surface area (Å²) in [5.74, 6) is 2.94. The van der Waals surface area contributed by atoms with Crippen LogP contribution in [0.1, 0.15) is 113 Å². The Morgan fingerprint density at radius 3 is 1.97 bits per heavy atom. The van der Waals surface area contributed by atoms with Crippen molar-refractivity contribution in [2.75, 3.05) is 21.3 Å². The number of imidazole rings is 2. The van der Waals surface area contributed by atoms with E-state index in [-0.39, 0.29) is 18.0 Å². The van der Waals surface area contributed by atoms with Gasteiger partial charge in [0, 0.05) is 25.6 Å². The molecular weight excluding hydrogens is 731 g/mol. The molecular formula is C46H59N7O5. The number of likely N-dealkylation sites (tertiary alicyclic amines) is 2. The highest BCUT2D eigenvalue weighted by Gasteiger charge is 2.50. The number of nitrogens with zero attached hydrogens (tertiary/aromatic N) is 4. The molecule has 2 aliphatic heterocycles. The number of benzene rings is 2. The Labute approximate surface area is 341 Å². The molecule has 8 atom stereocenters. The van der Waals surface area contributed by atoms with Crippen LogP contribution >= 0.6 is 0 Å². The summed E-state index contributed by atoms with van der Waals surface area (Å²) in [5.41, 5.74) is 9.59. The van der Waals surface area contributed by atoms with Crippen LogP contribution in [0.2, 0.25) is 0 Å². The minimum Gasteiger partial charge on any atom is -0.453 e. The molecule has 4 heterocycles. The number of aldehydes is 1. The third kappa shape index (κ3) is 7.61. The molecule has 0 radical (unpaired) electrons. The Kier molecular flexibility index (Phi) is 11.9. The third-order valence-corrected chi connectivity index (χ3v) is 13.8. The van der Waals surface area contributed by atoms with Gasteiger partial charge in [-0.25, -0.2) is 14.8 Å². The molecule has 308 valence electrons. The fraction of sp³-hybridized carbons (Fsp3) is 0.543. The van der Waals surface area contributed by atoms with Gasteiger partial charge in [0.1, 0.15) is 24.0 Å². The summed E-state index contributed by atoms with van der Waals surface area (Å²) >= 11 is 0. The van der Waals surface area contributed by atoms with Crippen LogP contribution in [0.4, 0.5) is 4.79 Å². The van der Waals surface area contributed by atoms with Crippen LogP contribution in [0.5, 0.6) is 0 Å². The number of amides is 2. The van der Waals surface area contributed by atoms with Crippen molar-refractivity contribution in [2.24, 2.45) is 11.8 Å². The Morgan fingerprint density at radius 2 is 1.43 bits per heavy atom. The maximum Gasteiger partial charge on any atom is 0.407 e. The van der Waals surface area contributed by atoms with Gasteiger partial charge in [0.25, 0.3) is 0 Å². The fourth-order valence-electron chi connectivity index (χ4n) is 10.7. The molecule has 2 saturated carbocycles. The van der Waals surface area contributed by atoms with Gasteiger partial charge in [-0.1, -0.05) is 44.0 Å². The van der Waals surface area contributed by atoms with E-state index >= 15 is 0 Å². The average Bonchev–Trinajstić information content (AvgIpc) is 4.10. The molecule has 58 heavy (non-hydrogen) atoms. The molecule has 12 nitrogen and oxygen atoms in total. The molecule has 9 rings (SSSR count). The second-order valence-corrected chi connectivity index (χ2v) is 17.0. The largest absolute Gasteiger partial charge is 0.453 e. The number of ether oxygens (including phenoxy) is 2. The SMILES string of the molecule is CCCC=O.COC(=O)NC(C(=O)N1C2CCCC2C[C@H]1c1ncc(-c2ccc3c(c2)CCc2cc(-c4cnc(C5CC6CCCC6N5C)[nH]4)ccc2-3)[nH]1)C(C)OC. The van der Waals surface area contributed by atoms with E-state index in [1.165, 1.54) is 60.6 Å². The van der Waals surface area contributed by atoms with E-state index < -0.39 is 18.2 Å². The van der Waals surface area contributed by atoms with E-state index in [9.17, 15) is 14.4 Å². The predicted molar refractivity (Wildman–Crippen MR) is 223 cm³/mol. The second-order valence-electron chi connectivity index (χ2n) is 17.0. The number of methoxy groups -OCH3 is 2. The van der Waals surface area contributed by atoms with Crippen molar-refractivity contribution in [1.29, 1.82) is 0 Å². The van der Waals surface area contributed by atoms with E-state index in [0.717, 1.165) is 85.7 Å². The fourth-order valence-corrected chi connectivity index (χ4v) is 10.7. The number of rotatable bonds is 10. The van der Waals surface area contributed by atoms with Gasteiger partial charge in [-0.3, -0.25) is 9.69 Å². The predicted octanol–water partition coefficient (Wildman–Crippen LogP) is 7.96. The summed E-state index contributed by atoms with van der Waals surface area (Å²) in [4.78, 5) is 57.4. The van der Waals surface area contributed by atoms with E-state index in [1.807, 2.05) is 24.2 Å². The summed E-state index contributed by atoms with van der Waals surface area (Å²) in [6.45, 7) is 3.77. The number of carbonyl (C=O) groups is 3. The number of aromatic nitrogens is 4. The highest BCUT2D eigenvalue weighted by atomic mass is 16.5. The first-order chi connectivity index (χ1) is 28.2. The zero-order valence-electron chi connectivity index (χ0n) is 34.6. The topological polar surface area (TPSA) is 146 Å². The zero-order valence-corrected chi connectivity index (χ0v) is 34.6. The number of hydrogen-bond donors (Lipinski definition) is 3. The van der Waals surface area contributed by atoms with Crippen molar-refractivity contribution in [3.8, 4) is 33.6 Å². The van der Waals surface area contributed by atoms with Gasteiger partial charge in [0.2, 0.25) is 5.91 Å². The third-order valence-electron chi connectivity index (χ3n) is 13.8. The molecule has 12 heteroatoms. The molecule has 7 unspecified atom stereocenters. The van der Waals surface area contributed by atoms with Crippen molar-refractivity contribution in [3.63, 3.8) is 0 Å². The summed E-state index contributed by atoms with van der Waals surface area (Å²) < 4.78 is 10.4. The van der Waals surface area contributed by atoms with Gasteiger partial charge < -0.3 is 34.5 Å². The van der Waals surface area contributed by atoms with Crippen LogP contribution in [0.15, 0.2) is 48.8 Å². The summed E-state index contributed by atoms with van der Waals surface area (Å²) in [6, 6.07) is 13.7. The maximum atomic E-state index is 14.2. The molecule has 0 bridgehead atoms. The van der Waals surface area contributed by atoms with Crippen molar-refractivity contribution in [3.05, 3.63) is 71.6 Å². The number of alkyl carbamates (subject to hydrolysis) is 1. The van der Waals surface area contributed by atoms with Crippen LogP contribution in [-0.2, 0) is 31.9 Å². The molecule has 4 fully saturated rings. The number of nitrogens with one attached hydrogen (secondary N) is 3. The maximum absolute atomic E-state index is 14.2. The molecule has 2 aromatic heterocycles. The lowest BCUT2D eigenvalue weighted by molar-refractivity contribution is -0.140. The molecule has 2 saturated heterocycles. The summed E-state index contributed by atoms with van der Waals surface area (Å²) in [7, 11) is 5.13. The van der Waals surface area contributed by atoms with E-state index in [2.05, 4.69) is 63.6 Å². The van der Waals surface area contributed by atoms with Crippen LogP contribution in [-0.4, -0.2) is 93.5 Å². The molecule has 5 aliphatic rings. The minimum absolute atomic E-state index is 0.111. The number of unbranched alkanes of at least 4 members (excludes halogenated alkanes) is 1. The Hall–Kier alpha value is -4.81. The Morgan fingerprint density at radius 1 is 0.862 bits per heavy atom. The lowest BCUT2D eigenvalue weighted by Crippen LogP contribution is -2.55. The molecule has 2 aromatic carbocycles. The Bertz CT molecular complexity index is 2110. The van der Waals surface area contributed by atoms with Gasteiger partial charge in [0.15, 0.2) is 0 Å². The monoisotopic (exact) mass is 789 g/mol. The van der Waals surface area contributed by atoms with Gasteiger partial charge in [-0.2, -0.15) is 0 Å². The standard InChI is InChI=1S/C42H51N7O4.C4H8O/c1-23(52-3)38(47-42(51)53-4)41(50)49-35-10-6-8-29(35)20-37(49)40-44-22-33(46-40)27-14-16-31-25(18-27)12-11-24-17-26(13-15-30(24)31)32-21-43-39(45-32)36-19-28-7-5-9-34(28)48(36)2;1-2-3-4-5/h13-18,21-23,28-29,34-38H,5-12,19-20H2,1-4H3,(H,43,45)(H,44,46)(H,47,51);4H,2-3H2,1H3/t23?,28?,29?,34?,35?,36?,37-,38?;/m0./s1. The van der Waals surface area contributed by atoms with Crippen LogP contribution in [0.25, 0.3) is 33.6 Å². The van der Waals surface area contributed by atoms with E-state index in [0.29, 0.717) is 24.4 Å². The van der Waals surface area contributed by atoms with Gasteiger partial charge in [-0.05, 0) is 129 Å². The molecule has 3 N–H and O–H groups in total. The first kappa shape index (κ1) is 40.0. The zero-order chi connectivity index (χ0) is 40.5. The van der Waals surface area contributed by atoms with Crippen molar-refractivity contribution < 1.29 is 23.9 Å². The molecule has 4 aromatic rings. The van der Waals surface area contributed by atoms with Crippen molar-refractivity contribution in [2.45, 2.75) is 127 Å². The number of H-pyrrole nitrogens is 2. The molecule has 2 amide bonds. The lowest BCUT2D eigenvalue weighted by atomic mass is 9.83. The molecule has 3 aliphatic carbocycles. The average molecular weight is 790 g/mol.